The van der Waals surface area contributed by atoms with Crippen molar-refractivity contribution in [1.82, 2.24) is 10.2 Å². The Balaban J connectivity index is 1.31. The average Bonchev–Trinajstić information content (AvgIpc) is 3.38. The Hall–Kier alpha value is -4.11. The van der Waals surface area contributed by atoms with Gasteiger partial charge in [0.1, 0.15) is 0 Å². The van der Waals surface area contributed by atoms with Crippen molar-refractivity contribution >= 4 is 17.3 Å². The zero-order valence-electron chi connectivity index (χ0n) is 19.1. The Bertz CT molecular complexity index is 1190. The van der Waals surface area contributed by atoms with Crippen LogP contribution in [0.15, 0.2) is 72.8 Å². The number of nitrogens with one attached hydrogen (secondary N) is 1. The molecule has 1 saturated heterocycles. The summed E-state index contributed by atoms with van der Waals surface area (Å²) in [7, 11) is 0. The third-order valence-electron chi connectivity index (χ3n) is 6.45. The highest BCUT2D eigenvalue weighted by Gasteiger charge is 2.27. The summed E-state index contributed by atoms with van der Waals surface area (Å²) >= 11 is 0. The highest BCUT2D eigenvalue weighted by atomic mass is 16.7. The first-order valence-corrected chi connectivity index (χ1v) is 11.5. The van der Waals surface area contributed by atoms with E-state index in [1.807, 2.05) is 36.4 Å². The number of nitrogens with zero attached hydrogens (tertiary/aromatic N) is 3. The number of carbonyl (C=O) groups excluding carboxylic acids is 1. The Labute approximate surface area is 203 Å². The van der Waals surface area contributed by atoms with Crippen molar-refractivity contribution in [3.8, 4) is 11.5 Å². The van der Waals surface area contributed by atoms with Crippen molar-refractivity contribution in [2.24, 2.45) is 0 Å². The van der Waals surface area contributed by atoms with E-state index in [-0.39, 0.29) is 24.4 Å². The molecule has 0 aliphatic carbocycles. The van der Waals surface area contributed by atoms with Gasteiger partial charge in [0.15, 0.2) is 11.5 Å². The lowest BCUT2D eigenvalue weighted by atomic mass is 10.0. The maximum absolute atomic E-state index is 12.8. The maximum atomic E-state index is 12.8. The fourth-order valence-corrected chi connectivity index (χ4v) is 4.53. The smallest absolute Gasteiger partial charge is 0.269 e. The third-order valence-corrected chi connectivity index (χ3v) is 6.45. The van der Waals surface area contributed by atoms with E-state index >= 15 is 0 Å². The number of nitro benzene ring substituents is 1. The minimum Gasteiger partial charge on any atom is -0.454 e. The summed E-state index contributed by atoms with van der Waals surface area (Å²) in [5.74, 6) is 1.15. The first kappa shape index (κ1) is 22.7. The summed E-state index contributed by atoms with van der Waals surface area (Å²) < 4.78 is 11.0. The number of hydrogen-bond donors (Lipinski definition) is 1. The second kappa shape index (κ2) is 10.0. The highest BCUT2D eigenvalue weighted by Crippen LogP contribution is 2.35. The first-order chi connectivity index (χ1) is 17.1. The van der Waals surface area contributed by atoms with Gasteiger partial charge >= 0.3 is 0 Å². The van der Waals surface area contributed by atoms with E-state index in [9.17, 15) is 14.9 Å². The molecule has 2 heterocycles. The van der Waals surface area contributed by atoms with E-state index in [1.54, 1.807) is 0 Å². The van der Waals surface area contributed by atoms with Crippen LogP contribution in [0.4, 0.5) is 11.4 Å². The van der Waals surface area contributed by atoms with Gasteiger partial charge < -0.3 is 19.7 Å². The SMILES string of the molecule is O=C(NCC(c1ccc2c(c1)OCO2)N1CCN(c2ccccc2)CC1)c1ccc([N+](=O)[O-])cc1. The van der Waals surface area contributed by atoms with Gasteiger partial charge in [-0.05, 0) is 42.0 Å². The zero-order valence-corrected chi connectivity index (χ0v) is 19.1. The van der Waals surface area contributed by atoms with Crippen molar-refractivity contribution in [3.63, 3.8) is 0 Å². The number of carbonyl (C=O) groups is 1. The molecule has 35 heavy (non-hydrogen) atoms. The molecule has 0 spiro atoms. The lowest BCUT2D eigenvalue weighted by Gasteiger charge is -2.40. The average molecular weight is 475 g/mol. The summed E-state index contributed by atoms with van der Waals surface area (Å²) in [6.07, 6.45) is 0. The quantitative estimate of drug-likeness (QED) is 0.413. The lowest BCUT2D eigenvalue weighted by molar-refractivity contribution is -0.384. The molecule has 9 nitrogen and oxygen atoms in total. The van der Waals surface area contributed by atoms with E-state index in [2.05, 4.69) is 27.2 Å². The number of benzene rings is 3. The van der Waals surface area contributed by atoms with Gasteiger partial charge in [0.25, 0.3) is 11.6 Å². The predicted octanol–water partition coefficient (Wildman–Crippen LogP) is 3.62. The molecule has 1 amide bonds. The van der Waals surface area contributed by atoms with Crippen molar-refractivity contribution in [2.75, 3.05) is 44.4 Å². The van der Waals surface area contributed by atoms with E-state index in [4.69, 9.17) is 9.47 Å². The molecule has 0 saturated carbocycles. The number of anilines is 1. The Morgan fingerprint density at radius 3 is 2.37 bits per heavy atom. The molecule has 5 rings (SSSR count). The van der Waals surface area contributed by atoms with Gasteiger partial charge in [0, 0.05) is 56.1 Å². The van der Waals surface area contributed by atoms with E-state index in [0.29, 0.717) is 17.9 Å². The number of piperazine rings is 1. The van der Waals surface area contributed by atoms with Gasteiger partial charge in [-0.2, -0.15) is 0 Å². The second-order valence-corrected chi connectivity index (χ2v) is 8.50. The Kier molecular flexibility index (Phi) is 6.49. The van der Waals surface area contributed by atoms with Gasteiger partial charge in [0.2, 0.25) is 6.79 Å². The highest BCUT2D eigenvalue weighted by molar-refractivity contribution is 5.94. The zero-order chi connectivity index (χ0) is 24.2. The van der Waals surface area contributed by atoms with Gasteiger partial charge in [-0.15, -0.1) is 0 Å². The summed E-state index contributed by atoms with van der Waals surface area (Å²) in [4.78, 5) is 28.0. The van der Waals surface area contributed by atoms with Crippen LogP contribution in [0.1, 0.15) is 22.0 Å². The number of amides is 1. The summed E-state index contributed by atoms with van der Waals surface area (Å²) in [6, 6.07) is 21.8. The van der Waals surface area contributed by atoms with Crippen LogP contribution in [0.2, 0.25) is 0 Å². The minimum atomic E-state index is -0.480. The summed E-state index contributed by atoms with van der Waals surface area (Å²) in [5, 5.41) is 13.9. The number of hydrogen-bond acceptors (Lipinski definition) is 7. The van der Waals surface area contributed by atoms with Crippen LogP contribution < -0.4 is 19.7 Å². The predicted molar refractivity (Wildman–Crippen MR) is 131 cm³/mol. The molecule has 3 aromatic carbocycles. The van der Waals surface area contributed by atoms with Crippen LogP contribution in [0.3, 0.4) is 0 Å². The standard InChI is InChI=1S/C26H26N4O5/c31-26(19-6-9-22(10-7-19)30(32)33)27-17-23(20-8-11-24-25(16-20)35-18-34-24)29-14-12-28(13-15-29)21-4-2-1-3-5-21/h1-11,16,23H,12-15,17-18H2,(H,27,31). The van der Waals surface area contributed by atoms with Crippen molar-refractivity contribution in [2.45, 2.75) is 6.04 Å². The fourth-order valence-electron chi connectivity index (χ4n) is 4.53. The molecule has 2 aliphatic heterocycles. The molecule has 9 heteroatoms. The van der Waals surface area contributed by atoms with Crippen molar-refractivity contribution < 1.29 is 19.2 Å². The van der Waals surface area contributed by atoms with Gasteiger partial charge in [-0.3, -0.25) is 19.8 Å². The molecule has 1 atom stereocenters. The summed E-state index contributed by atoms with van der Waals surface area (Å²) in [6.45, 7) is 4.02. The third kappa shape index (κ3) is 5.04. The largest absolute Gasteiger partial charge is 0.454 e. The number of nitro groups is 1. The van der Waals surface area contributed by atoms with Crippen LogP contribution in [-0.2, 0) is 0 Å². The van der Waals surface area contributed by atoms with E-state index < -0.39 is 4.92 Å². The summed E-state index contributed by atoms with van der Waals surface area (Å²) in [5.41, 5.74) is 2.58. The van der Waals surface area contributed by atoms with Crippen molar-refractivity contribution in [1.29, 1.82) is 0 Å². The van der Waals surface area contributed by atoms with Crippen LogP contribution in [0, 0.1) is 10.1 Å². The number of ether oxygens (including phenoxy) is 2. The normalized spacial score (nSPS) is 16.1. The van der Waals surface area contributed by atoms with Crippen LogP contribution in [-0.4, -0.2) is 55.2 Å². The molecule has 0 bridgehead atoms. The second-order valence-electron chi connectivity index (χ2n) is 8.50. The monoisotopic (exact) mass is 474 g/mol. The number of fused-ring (bicyclic) bond motifs is 1. The molecule has 1 N–H and O–H groups in total. The molecule has 2 aliphatic rings. The molecule has 3 aromatic rings. The minimum absolute atomic E-state index is 0.0453. The molecule has 0 radical (unpaired) electrons. The molecular weight excluding hydrogens is 448 g/mol. The first-order valence-electron chi connectivity index (χ1n) is 11.5. The van der Waals surface area contributed by atoms with Crippen LogP contribution >= 0.6 is 0 Å². The fraction of sp³-hybridized carbons (Fsp3) is 0.269. The molecule has 1 fully saturated rings. The number of para-hydroxylation sites is 1. The van der Waals surface area contributed by atoms with Gasteiger partial charge in [-0.1, -0.05) is 24.3 Å². The topological polar surface area (TPSA) is 97.2 Å². The van der Waals surface area contributed by atoms with Gasteiger partial charge in [0.05, 0.1) is 11.0 Å². The van der Waals surface area contributed by atoms with Gasteiger partial charge in [-0.25, -0.2) is 0 Å². The number of rotatable bonds is 7. The maximum Gasteiger partial charge on any atom is 0.269 e. The molecule has 180 valence electrons. The van der Waals surface area contributed by atoms with Crippen LogP contribution in [0.25, 0.3) is 0 Å². The Morgan fingerprint density at radius 1 is 0.943 bits per heavy atom. The van der Waals surface area contributed by atoms with E-state index in [1.165, 1.54) is 30.0 Å². The van der Waals surface area contributed by atoms with E-state index in [0.717, 1.165) is 37.5 Å². The number of non-ortho nitro benzene ring substituents is 1. The van der Waals surface area contributed by atoms with Crippen LogP contribution in [0.5, 0.6) is 11.5 Å². The molecular formula is C26H26N4O5. The Morgan fingerprint density at radius 2 is 1.66 bits per heavy atom. The lowest BCUT2D eigenvalue weighted by Crippen LogP contribution is -2.50. The molecule has 1 unspecified atom stereocenters. The van der Waals surface area contributed by atoms with Crippen molar-refractivity contribution in [3.05, 3.63) is 94.0 Å². The molecule has 0 aromatic heterocycles.